The van der Waals surface area contributed by atoms with Gasteiger partial charge in [-0.1, -0.05) is 24.3 Å². The fourth-order valence-corrected chi connectivity index (χ4v) is 2.95. The van der Waals surface area contributed by atoms with Gasteiger partial charge in [-0.05, 0) is 24.6 Å². The van der Waals surface area contributed by atoms with Gasteiger partial charge in [0.05, 0.1) is 26.2 Å². The van der Waals surface area contributed by atoms with Crippen molar-refractivity contribution in [3.05, 3.63) is 59.9 Å². The molecule has 1 saturated heterocycles. The van der Waals surface area contributed by atoms with E-state index in [1.807, 2.05) is 18.5 Å². The van der Waals surface area contributed by atoms with Gasteiger partial charge in [0.1, 0.15) is 6.54 Å². The molecule has 20 heavy (non-hydrogen) atoms. The number of anilines is 1. The molecule has 0 unspecified atom stereocenters. The van der Waals surface area contributed by atoms with Crippen LogP contribution in [-0.4, -0.2) is 31.2 Å². The van der Waals surface area contributed by atoms with Crippen LogP contribution in [0.25, 0.3) is 0 Å². The molecule has 0 bridgehead atoms. The van der Waals surface area contributed by atoms with E-state index in [9.17, 15) is 0 Å². The van der Waals surface area contributed by atoms with Crippen molar-refractivity contribution in [1.29, 1.82) is 0 Å². The number of quaternary nitrogens is 1. The zero-order chi connectivity index (χ0) is 13.8. The van der Waals surface area contributed by atoms with Crippen molar-refractivity contribution in [2.45, 2.75) is 13.5 Å². The average Bonchev–Trinajstić information content (AvgIpc) is 2.50. The summed E-state index contributed by atoms with van der Waals surface area (Å²) in [5, 5.41) is 0. The molecular weight excluding hydrogens is 246 g/mol. The summed E-state index contributed by atoms with van der Waals surface area (Å²) in [4.78, 5) is 8.37. The molecule has 1 aromatic heterocycles. The molecule has 1 aromatic carbocycles. The number of aromatic nitrogens is 1. The second-order valence-corrected chi connectivity index (χ2v) is 5.56. The summed E-state index contributed by atoms with van der Waals surface area (Å²) in [5.41, 5.74) is 4.11. The van der Waals surface area contributed by atoms with Crippen LogP contribution in [0.15, 0.2) is 48.8 Å². The number of hydrogen-bond donors (Lipinski definition) is 1. The number of para-hydroxylation sites is 1. The Kier molecular flexibility index (Phi) is 3.97. The predicted molar refractivity (Wildman–Crippen MR) is 82.0 cm³/mol. The van der Waals surface area contributed by atoms with E-state index in [1.165, 1.54) is 29.9 Å². The van der Waals surface area contributed by atoms with Gasteiger partial charge >= 0.3 is 0 Å². The quantitative estimate of drug-likeness (QED) is 0.905. The first-order chi connectivity index (χ1) is 9.83. The number of benzene rings is 1. The monoisotopic (exact) mass is 268 g/mol. The van der Waals surface area contributed by atoms with Crippen LogP contribution in [0.1, 0.15) is 11.1 Å². The average molecular weight is 268 g/mol. The summed E-state index contributed by atoms with van der Waals surface area (Å²) in [6.45, 7) is 7.97. The minimum Gasteiger partial charge on any atom is -0.360 e. The van der Waals surface area contributed by atoms with Crippen molar-refractivity contribution in [2.75, 3.05) is 31.1 Å². The van der Waals surface area contributed by atoms with Crippen LogP contribution < -0.4 is 9.80 Å². The Morgan fingerprint density at radius 3 is 2.60 bits per heavy atom. The highest BCUT2D eigenvalue weighted by molar-refractivity contribution is 5.53. The Labute approximate surface area is 120 Å². The lowest BCUT2D eigenvalue weighted by Crippen LogP contribution is -3.13. The third-order valence-electron chi connectivity index (χ3n) is 4.10. The lowest BCUT2D eigenvalue weighted by atomic mass is 10.1. The van der Waals surface area contributed by atoms with Gasteiger partial charge in [0.15, 0.2) is 0 Å². The summed E-state index contributed by atoms with van der Waals surface area (Å²) in [5.74, 6) is 0. The van der Waals surface area contributed by atoms with Crippen LogP contribution in [0.5, 0.6) is 0 Å². The number of aryl methyl sites for hydroxylation is 1. The highest BCUT2D eigenvalue weighted by Gasteiger charge is 2.20. The Hall–Kier alpha value is -1.87. The maximum absolute atomic E-state index is 4.20. The standard InChI is InChI=1S/C17H21N3/c1-15-5-2-3-7-17(15)20-11-9-19(10-12-20)14-16-6-4-8-18-13-16/h2-8,13H,9-12,14H2,1H3/p+1. The second kappa shape index (κ2) is 6.06. The van der Waals surface area contributed by atoms with E-state index < -0.39 is 0 Å². The van der Waals surface area contributed by atoms with E-state index in [4.69, 9.17) is 0 Å². The summed E-state index contributed by atoms with van der Waals surface area (Å²) in [7, 11) is 0. The van der Waals surface area contributed by atoms with E-state index >= 15 is 0 Å². The highest BCUT2D eigenvalue weighted by Crippen LogP contribution is 2.18. The van der Waals surface area contributed by atoms with Gasteiger partial charge in [-0.25, -0.2) is 0 Å². The fourth-order valence-electron chi connectivity index (χ4n) is 2.95. The van der Waals surface area contributed by atoms with Crippen molar-refractivity contribution in [3.8, 4) is 0 Å². The van der Waals surface area contributed by atoms with Gasteiger partial charge in [0.2, 0.25) is 0 Å². The second-order valence-electron chi connectivity index (χ2n) is 5.56. The molecule has 0 atom stereocenters. The number of piperazine rings is 1. The van der Waals surface area contributed by atoms with E-state index in [1.54, 1.807) is 4.90 Å². The minimum absolute atomic E-state index is 1.09. The molecule has 0 aliphatic carbocycles. The Morgan fingerprint density at radius 2 is 1.90 bits per heavy atom. The fraction of sp³-hybridized carbons (Fsp3) is 0.353. The zero-order valence-electron chi connectivity index (χ0n) is 12.0. The van der Waals surface area contributed by atoms with Crippen molar-refractivity contribution < 1.29 is 4.90 Å². The van der Waals surface area contributed by atoms with E-state index in [-0.39, 0.29) is 0 Å². The maximum atomic E-state index is 4.20. The van der Waals surface area contributed by atoms with Crippen molar-refractivity contribution in [3.63, 3.8) is 0 Å². The summed E-state index contributed by atoms with van der Waals surface area (Å²) >= 11 is 0. The number of nitrogens with one attached hydrogen (secondary N) is 1. The first-order valence-electron chi connectivity index (χ1n) is 7.36. The van der Waals surface area contributed by atoms with Crippen LogP contribution in [0.4, 0.5) is 5.69 Å². The molecule has 3 rings (SSSR count). The zero-order valence-corrected chi connectivity index (χ0v) is 12.0. The number of hydrogen-bond acceptors (Lipinski definition) is 2. The Bertz CT molecular complexity index is 545. The molecule has 0 radical (unpaired) electrons. The molecule has 3 nitrogen and oxygen atoms in total. The normalized spacial score (nSPS) is 16.4. The van der Waals surface area contributed by atoms with Gasteiger partial charge in [-0.15, -0.1) is 0 Å². The molecule has 104 valence electrons. The first-order valence-corrected chi connectivity index (χ1v) is 7.36. The topological polar surface area (TPSA) is 20.6 Å². The molecule has 1 fully saturated rings. The van der Waals surface area contributed by atoms with Gasteiger partial charge in [-0.3, -0.25) is 4.98 Å². The molecule has 1 aliphatic rings. The lowest BCUT2D eigenvalue weighted by molar-refractivity contribution is -0.914. The van der Waals surface area contributed by atoms with Gasteiger partial charge in [0.25, 0.3) is 0 Å². The van der Waals surface area contributed by atoms with Crippen molar-refractivity contribution in [2.24, 2.45) is 0 Å². The number of rotatable bonds is 3. The lowest BCUT2D eigenvalue weighted by Gasteiger charge is -2.34. The SMILES string of the molecule is Cc1ccccc1N1CC[NH+](Cc2cccnc2)CC1. The third-order valence-corrected chi connectivity index (χ3v) is 4.10. The molecule has 2 heterocycles. The Morgan fingerprint density at radius 1 is 1.10 bits per heavy atom. The molecule has 1 aliphatic heterocycles. The molecule has 0 spiro atoms. The van der Waals surface area contributed by atoms with Crippen LogP contribution in [0.3, 0.4) is 0 Å². The van der Waals surface area contributed by atoms with Crippen molar-refractivity contribution in [1.82, 2.24) is 4.98 Å². The van der Waals surface area contributed by atoms with Crippen LogP contribution in [0.2, 0.25) is 0 Å². The molecule has 2 aromatic rings. The van der Waals surface area contributed by atoms with Crippen molar-refractivity contribution >= 4 is 5.69 Å². The third kappa shape index (κ3) is 2.99. The summed E-state index contributed by atoms with van der Waals surface area (Å²) in [6, 6.07) is 12.9. The van der Waals surface area contributed by atoms with E-state index in [0.29, 0.717) is 0 Å². The van der Waals surface area contributed by atoms with Crippen LogP contribution in [-0.2, 0) is 6.54 Å². The van der Waals surface area contributed by atoms with Gasteiger partial charge in [0, 0.05) is 23.6 Å². The van der Waals surface area contributed by atoms with E-state index in [2.05, 4.69) is 47.1 Å². The first kappa shape index (κ1) is 13.1. The number of nitrogens with zero attached hydrogens (tertiary/aromatic N) is 2. The molecule has 0 saturated carbocycles. The summed E-state index contributed by atoms with van der Waals surface area (Å²) < 4.78 is 0. The molecular formula is C17H22N3+. The summed E-state index contributed by atoms with van der Waals surface area (Å²) in [6.07, 6.45) is 3.83. The smallest absolute Gasteiger partial charge is 0.104 e. The van der Waals surface area contributed by atoms with Gasteiger partial charge in [-0.2, -0.15) is 0 Å². The van der Waals surface area contributed by atoms with Crippen LogP contribution in [0, 0.1) is 6.92 Å². The minimum atomic E-state index is 1.09. The number of pyridine rings is 1. The Balaban J connectivity index is 1.59. The van der Waals surface area contributed by atoms with E-state index in [0.717, 1.165) is 19.6 Å². The highest BCUT2D eigenvalue weighted by atomic mass is 15.3. The largest absolute Gasteiger partial charge is 0.360 e. The van der Waals surface area contributed by atoms with Gasteiger partial charge < -0.3 is 9.80 Å². The van der Waals surface area contributed by atoms with Crippen LogP contribution >= 0.6 is 0 Å². The predicted octanol–water partition coefficient (Wildman–Crippen LogP) is 1.30. The molecule has 0 amide bonds. The maximum Gasteiger partial charge on any atom is 0.104 e. The molecule has 1 N–H and O–H groups in total. The molecule has 3 heteroatoms.